The molecule has 1 aromatic heterocycles. The Kier molecular flexibility index (Phi) is 6.00. The number of rotatable bonds is 5. The van der Waals surface area contributed by atoms with E-state index in [-0.39, 0.29) is 23.0 Å². The van der Waals surface area contributed by atoms with E-state index in [0.717, 1.165) is 16.8 Å². The minimum absolute atomic E-state index is 0.0927. The normalized spacial score (nSPS) is 11.2. The number of ether oxygens (including phenoxy) is 1. The first-order valence-corrected chi connectivity index (χ1v) is 9.07. The molecule has 0 spiro atoms. The first-order chi connectivity index (χ1) is 14.6. The van der Waals surface area contributed by atoms with Crippen LogP contribution < -0.4 is 15.0 Å². The third-order valence-corrected chi connectivity index (χ3v) is 4.54. The van der Waals surface area contributed by atoms with Crippen molar-refractivity contribution in [2.75, 3.05) is 24.4 Å². The van der Waals surface area contributed by atoms with Crippen molar-refractivity contribution in [2.45, 2.75) is 13.1 Å². The van der Waals surface area contributed by atoms with E-state index in [4.69, 9.17) is 4.74 Å². The fourth-order valence-electron chi connectivity index (χ4n) is 2.76. The van der Waals surface area contributed by atoms with Crippen molar-refractivity contribution in [3.05, 3.63) is 66.0 Å². The average molecular weight is 432 g/mol. The Morgan fingerprint density at radius 1 is 1.13 bits per heavy atom. The molecule has 0 aliphatic rings. The molecular formula is C21H19F3N4O3. The Balaban J connectivity index is 1.84. The SMILES string of the molecule is COc1cn(-c2cccc(C(F)(F)F)c2)nc1C(=O)Nc1ccc(N(C)C(C)=O)cc1. The van der Waals surface area contributed by atoms with Crippen LogP contribution in [0, 0.1) is 0 Å². The van der Waals surface area contributed by atoms with Gasteiger partial charge in [0.05, 0.1) is 24.6 Å². The summed E-state index contributed by atoms with van der Waals surface area (Å²) in [5, 5.41) is 6.75. The number of amides is 2. The molecule has 0 radical (unpaired) electrons. The zero-order valence-corrected chi connectivity index (χ0v) is 16.9. The van der Waals surface area contributed by atoms with Crippen molar-refractivity contribution in [1.29, 1.82) is 0 Å². The number of halogens is 3. The highest BCUT2D eigenvalue weighted by atomic mass is 19.4. The minimum atomic E-state index is -4.50. The van der Waals surface area contributed by atoms with E-state index in [1.807, 2.05) is 0 Å². The summed E-state index contributed by atoms with van der Waals surface area (Å²) in [7, 11) is 2.96. The van der Waals surface area contributed by atoms with Gasteiger partial charge in [-0.3, -0.25) is 9.59 Å². The van der Waals surface area contributed by atoms with Crippen LogP contribution in [-0.4, -0.2) is 35.8 Å². The summed E-state index contributed by atoms with van der Waals surface area (Å²) in [5.74, 6) is -0.639. The van der Waals surface area contributed by atoms with E-state index in [0.29, 0.717) is 11.4 Å². The van der Waals surface area contributed by atoms with Crippen LogP contribution in [0.15, 0.2) is 54.7 Å². The molecule has 31 heavy (non-hydrogen) atoms. The van der Waals surface area contributed by atoms with E-state index in [1.165, 1.54) is 37.3 Å². The van der Waals surface area contributed by atoms with Crippen molar-refractivity contribution < 1.29 is 27.5 Å². The second-order valence-electron chi connectivity index (χ2n) is 6.62. The number of hydrogen-bond acceptors (Lipinski definition) is 4. The van der Waals surface area contributed by atoms with E-state index in [2.05, 4.69) is 10.4 Å². The van der Waals surface area contributed by atoms with Gasteiger partial charge in [0, 0.05) is 25.3 Å². The maximum atomic E-state index is 13.0. The minimum Gasteiger partial charge on any atom is -0.493 e. The molecule has 1 N–H and O–H groups in total. The molecule has 0 saturated carbocycles. The molecule has 0 aliphatic carbocycles. The van der Waals surface area contributed by atoms with E-state index in [1.54, 1.807) is 31.3 Å². The van der Waals surface area contributed by atoms with E-state index in [9.17, 15) is 22.8 Å². The van der Waals surface area contributed by atoms with Crippen molar-refractivity contribution >= 4 is 23.2 Å². The molecule has 0 fully saturated rings. The first-order valence-electron chi connectivity index (χ1n) is 9.07. The number of nitrogens with one attached hydrogen (secondary N) is 1. The van der Waals surface area contributed by atoms with Crippen LogP contribution in [0.5, 0.6) is 5.75 Å². The van der Waals surface area contributed by atoms with Crippen LogP contribution in [0.25, 0.3) is 5.69 Å². The van der Waals surface area contributed by atoms with Gasteiger partial charge in [0.1, 0.15) is 0 Å². The lowest BCUT2D eigenvalue weighted by Crippen LogP contribution is -2.22. The highest BCUT2D eigenvalue weighted by Gasteiger charge is 2.30. The Bertz CT molecular complexity index is 1110. The number of nitrogens with zero attached hydrogens (tertiary/aromatic N) is 3. The molecule has 1 heterocycles. The molecular weight excluding hydrogens is 413 g/mol. The van der Waals surface area contributed by atoms with E-state index < -0.39 is 17.6 Å². The van der Waals surface area contributed by atoms with Gasteiger partial charge in [-0.05, 0) is 42.5 Å². The molecule has 0 saturated heterocycles. The summed E-state index contributed by atoms with van der Waals surface area (Å²) < 4.78 is 45.3. The van der Waals surface area contributed by atoms with Gasteiger partial charge in [0.15, 0.2) is 11.4 Å². The van der Waals surface area contributed by atoms with Crippen molar-refractivity contribution in [1.82, 2.24) is 9.78 Å². The lowest BCUT2D eigenvalue weighted by Gasteiger charge is -2.15. The summed E-state index contributed by atoms with van der Waals surface area (Å²) in [6, 6.07) is 11.1. The maximum absolute atomic E-state index is 13.0. The number of hydrogen-bond donors (Lipinski definition) is 1. The third kappa shape index (κ3) is 4.85. The van der Waals surface area contributed by atoms with Crippen LogP contribution in [0.4, 0.5) is 24.5 Å². The molecule has 7 nitrogen and oxygen atoms in total. The largest absolute Gasteiger partial charge is 0.493 e. The summed E-state index contributed by atoms with van der Waals surface area (Å²) >= 11 is 0. The average Bonchev–Trinajstić information content (AvgIpc) is 3.18. The monoisotopic (exact) mass is 432 g/mol. The number of anilines is 2. The van der Waals surface area contributed by atoms with Gasteiger partial charge >= 0.3 is 6.18 Å². The smallest absolute Gasteiger partial charge is 0.416 e. The molecule has 2 amide bonds. The van der Waals surface area contributed by atoms with Crippen LogP contribution in [0.2, 0.25) is 0 Å². The van der Waals surface area contributed by atoms with Gasteiger partial charge < -0.3 is 15.0 Å². The number of carbonyl (C=O) groups is 2. The molecule has 10 heteroatoms. The number of benzene rings is 2. The molecule has 0 aliphatic heterocycles. The quantitative estimate of drug-likeness (QED) is 0.658. The fraction of sp³-hybridized carbons (Fsp3) is 0.190. The Morgan fingerprint density at radius 3 is 2.39 bits per heavy atom. The predicted octanol–water partition coefficient (Wildman–Crippen LogP) is 4.13. The lowest BCUT2D eigenvalue weighted by atomic mass is 10.2. The second-order valence-corrected chi connectivity index (χ2v) is 6.62. The van der Waals surface area contributed by atoms with Crippen molar-refractivity contribution in [3.63, 3.8) is 0 Å². The lowest BCUT2D eigenvalue weighted by molar-refractivity contribution is -0.137. The van der Waals surface area contributed by atoms with Crippen molar-refractivity contribution in [2.24, 2.45) is 0 Å². The Hall–Kier alpha value is -3.82. The van der Waals surface area contributed by atoms with Gasteiger partial charge in [-0.2, -0.15) is 18.3 Å². The van der Waals surface area contributed by atoms with E-state index >= 15 is 0 Å². The predicted molar refractivity (Wildman–Crippen MR) is 109 cm³/mol. The van der Waals surface area contributed by atoms with Gasteiger partial charge in [-0.25, -0.2) is 4.68 Å². The molecule has 0 bridgehead atoms. The van der Waals surface area contributed by atoms with Gasteiger partial charge in [0.25, 0.3) is 5.91 Å². The molecule has 3 aromatic rings. The third-order valence-electron chi connectivity index (χ3n) is 4.54. The van der Waals surface area contributed by atoms with Gasteiger partial charge in [-0.15, -0.1) is 0 Å². The summed E-state index contributed by atoms with van der Waals surface area (Å²) in [5.41, 5.74) is 0.299. The summed E-state index contributed by atoms with van der Waals surface area (Å²) in [6.45, 7) is 1.43. The highest BCUT2D eigenvalue weighted by Crippen LogP contribution is 2.31. The molecule has 0 unspecified atom stereocenters. The highest BCUT2D eigenvalue weighted by molar-refractivity contribution is 6.05. The summed E-state index contributed by atoms with van der Waals surface area (Å²) in [4.78, 5) is 25.6. The standard InChI is InChI=1S/C21H19F3N4O3/c1-13(29)27(2)16-9-7-15(8-10-16)25-20(30)19-18(31-3)12-28(26-19)17-6-4-5-14(11-17)21(22,23)24/h4-12H,1-3H3,(H,25,30). The van der Waals surface area contributed by atoms with Crippen LogP contribution in [0.3, 0.4) is 0 Å². The molecule has 2 aromatic carbocycles. The first kappa shape index (κ1) is 21.9. The Labute approximate surface area is 176 Å². The maximum Gasteiger partial charge on any atom is 0.416 e. The van der Waals surface area contributed by atoms with Gasteiger partial charge in [0.2, 0.25) is 5.91 Å². The van der Waals surface area contributed by atoms with Gasteiger partial charge in [-0.1, -0.05) is 6.07 Å². The topological polar surface area (TPSA) is 76.5 Å². The van der Waals surface area contributed by atoms with Crippen LogP contribution in [0.1, 0.15) is 23.0 Å². The summed E-state index contributed by atoms with van der Waals surface area (Å²) in [6.07, 6.45) is -3.18. The Morgan fingerprint density at radius 2 is 1.81 bits per heavy atom. The molecule has 162 valence electrons. The number of carbonyl (C=O) groups excluding carboxylic acids is 2. The zero-order valence-electron chi connectivity index (χ0n) is 16.9. The molecule has 3 rings (SSSR count). The second kappa shape index (κ2) is 8.50. The molecule has 0 atom stereocenters. The fourth-order valence-corrected chi connectivity index (χ4v) is 2.76. The van der Waals surface area contributed by atoms with Crippen molar-refractivity contribution in [3.8, 4) is 11.4 Å². The number of methoxy groups -OCH3 is 1. The van der Waals surface area contributed by atoms with Crippen LogP contribution in [-0.2, 0) is 11.0 Å². The zero-order chi connectivity index (χ0) is 22.8. The number of aromatic nitrogens is 2. The van der Waals surface area contributed by atoms with Crippen LogP contribution >= 0.6 is 0 Å². The number of alkyl halides is 3.